The zero-order valence-electron chi connectivity index (χ0n) is 10.7. The van der Waals surface area contributed by atoms with E-state index in [4.69, 9.17) is 4.55 Å². The number of carbonyl (C=O) groups excluding carboxylic acids is 1. The molecule has 0 saturated heterocycles. The van der Waals surface area contributed by atoms with Crippen molar-refractivity contribution in [1.82, 2.24) is 0 Å². The van der Waals surface area contributed by atoms with E-state index >= 15 is 0 Å². The number of nitrogens with one attached hydrogen (secondary N) is 2. The molecule has 3 N–H and O–H groups in total. The molecule has 0 bridgehead atoms. The summed E-state index contributed by atoms with van der Waals surface area (Å²) < 4.78 is 9.01. The van der Waals surface area contributed by atoms with Crippen LogP contribution in [0.5, 0.6) is 0 Å². The Hall–Kier alpha value is -1.98. The standard InChI is InChI=1S/C15H14N2O2S/c18-14-8-9-16-15-12(2-1-3-13(15)17-14)10-4-6-11(20-19)7-5-10/h1-7,16,19H,8-9H2,(H,17,18). The van der Waals surface area contributed by atoms with Crippen molar-refractivity contribution >= 4 is 29.3 Å². The highest BCUT2D eigenvalue weighted by Crippen LogP contribution is 2.36. The van der Waals surface area contributed by atoms with Gasteiger partial charge in [-0.05, 0) is 23.8 Å². The molecular formula is C15H14N2O2S. The van der Waals surface area contributed by atoms with Crippen LogP contribution in [0.15, 0.2) is 47.4 Å². The summed E-state index contributed by atoms with van der Waals surface area (Å²) in [4.78, 5) is 12.4. The highest BCUT2D eigenvalue weighted by molar-refractivity contribution is 7.93. The van der Waals surface area contributed by atoms with Crippen LogP contribution in [0, 0.1) is 0 Å². The lowest BCUT2D eigenvalue weighted by Gasteiger charge is -2.14. The highest BCUT2D eigenvalue weighted by atomic mass is 32.2. The van der Waals surface area contributed by atoms with Crippen LogP contribution in [0.3, 0.4) is 0 Å². The second-order valence-electron chi connectivity index (χ2n) is 4.57. The van der Waals surface area contributed by atoms with E-state index in [0.717, 1.165) is 39.4 Å². The minimum atomic E-state index is 0.0282. The van der Waals surface area contributed by atoms with Crippen LogP contribution >= 0.6 is 12.0 Å². The number of hydrogen-bond acceptors (Lipinski definition) is 4. The first-order valence-electron chi connectivity index (χ1n) is 6.36. The number of amides is 1. The summed E-state index contributed by atoms with van der Waals surface area (Å²) in [6, 6.07) is 13.5. The quantitative estimate of drug-likeness (QED) is 0.737. The Bertz CT molecular complexity index is 641. The monoisotopic (exact) mass is 286 g/mol. The van der Waals surface area contributed by atoms with Crippen LogP contribution in [-0.4, -0.2) is 17.0 Å². The summed E-state index contributed by atoms with van der Waals surface area (Å²) in [5.41, 5.74) is 3.84. The maximum absolute atomic E-state index is 11.6. The molecule has 0 unspecified atom stereocenters. The van der Waals surface area contributed by atoms with Crippen molar-refractivity contribution in [1.29, 1.82) is 0 Å². The molecule has 102 valence electrons. The van der Waals surface area contributed by atoms with Crippen LogP contribution in [-0.2, 0) is 4.79 Å². The topological polar surface area (TPSA) is 61.4 Å². The van der Waals surface area contributed by atoms with Crippen LogP contribution in [0.2, 0.25) is 0 Å². The average molecular weight is 286 g/mol. The van der Waals surface area contributed by atoms with E-state index < -0.39 is 0 Å². The first kappa shape index (κ1) is 13.0. The minimum Gasteiger partial charge on any atom is -0.382 e. The smallest absolute Gasteiger partial charge is 0.226 e. The fourth-order valence-corrected chi connectivity index (χ4v) is 2.55. The Balaban J connectivity index is 2.05. The van der Waals surface area contributed by atoms with E-state index in [-0.39, 0.29) is 5.91 Å². The van der Waals surface area contributed by atoms with E-state index in [1.165, 1.54) is 0 Å². The molecule has 2 aromatic carbocycles. The summed E-state index contributed by atoms with van der Waals surface area (Å²) in [6.45, 7) is 0.625. The van der Waals surface area contributed by atoms with Crippen LogP contribution in [0.1, 0.15) is 6.42 Å². The van der Waals surface area contributed by atoms with Crippen molar-refractivity contribution in [3.8, 4) is 11.1 Å². The molecule has 2 aromatic rings. The molecule has 1 amide bonds. The fraction of sp³-hybridized carbons (Fsp3) is 0.133. The predicted molar refractivity (Wildman–Crippen MR) is 82.1 cm³/mol. The normalized spacial score (nSPS) is 13.9. The second-order valence-corrected chi connectivity index (χ2v) is 5.22. The van der Waals surface area contributed by atoms with Crippen molar-refractivity contribution in [3.63, 3.8) is 0 Å². The van der Waals surface area contributed by atoms with E-state index in [9.17, 15) is 4.79 Å². The van der Waals surface area contributed by atoms with Gasteiger partial charge in [0, 0.05) is 35.5 Å². The number of benzene rings is 2. The largest absolute Gasteiger partial charge is 0.382 e. The first-order valence-corrected chi connectivity index (χ1v) is 7.14. The average Bonchev–Trinajstić information content (AvgIpc) is 2.67. The lowest BCUT2D eigenvalue weighted by Crippen LogP contribution is -2.10. The zero-order chi connectivity index (χ0) is 13.9. The van der Waals surface area contributed by atoms with Gasteiger partial charge in [0.15, 0.2) is 0 Å². The molecule has 1 heterocycles. The molecule has 3 rings (SSSR count). The molecule has 4 nitrogen and oxygen atoms in total. The molecule has 5 heteroatoms. The van der Waals surface area contributed by atoms with Crippen molar-refractivity contribution in [2.75, 3.05) is 17.2 Å². The third kappa shape index (κ3) is 2.50. The summed E-state index contributed by atoms with van der Waals surface area (Å²) in [7, 11) is 0. The summed E-state index contributed by atoms with van der Waals surface area (Å²) in [6.07, 6.45) is 0.466. The van der Waals surface area contributed by atoms with Crippen LogP contribution in [0.25, 0.3) is 11.1 Å². The molecule has 0 radical (unpaired) electrons. The first-order chi connectivity index (χ1) is 9.78. The number of hydrogen-bond donors (Lipinski definition) is 3. The van der Waals surface area contributed by atoms with Crippen molar-refractivity contribution < 1.29 is 9.35 Å². The number of fused-ring (bicyclic) bond motifs is 1. The number of carbonyl (C=O) groups is 1. The van der Waals surface area contributed by atoms with Gasteiger partial charge in [-0.1, -0.05) is 24.3 Å². The number of rotatable bonds is 2. The molecule has 0 atom stereocenters. The van der Waals surface area contributed by atoms with Gasteiger partial charge in [-0.2, -0.15) is 0 Å². The van der Waals surface area contributed by atoms with Gasteiger partial charge in [-0.3, -0.25) is 4.79 Å². The number of para-hydroxylation sites is 1. The maximum Gasteiger partial charge on any atom is 0.226 e. The highest BCUT2D eigenvalue weighted by Gasteiger charge is 2.15. The Kier molecular flexibility index (Phi) is 3.62. The molecule has 0 aliphatic carbocycles. The third-order valence-electron chi connectivity index (χ3n) is 3.26. The molecule has 1 aliphatic heterocycles. The van der Waals surface area contributed by atoms with Gasteiger partial charge in [0.2, 0.25) is 5.91 Å². The second kappa shape index (κ2) is 5.56. The predicted octanol–water partition coefficient (Wildman–Crippen LogP) is 3.67. The van der Waals surface area contributed by atoms with Crippen LogP contribution < -0.4 is 10.6 Å². The number of anilines is 2. The Labute approximate surface area is 121 Å². The van der Waals surface area contributed by atoms with Crippen LogP contribution in [0.4, 0.5) is 11.4 Å². The third-order valence-corrected chi connectivity index (χ3v) is 3.75. The Morgan fingerprint density at radius 3 is 2.65 bits per heavy atom. The zero-order valence-corrected chi connectivity index (χ0v) is 11.5. The molecular weight excluding hydrogens is 272 g/mol. The molecule has 0 saturated carbocycles. The van der Waals surface area contributed by atoms with E-state index in [2.05, 4.69) is 10.6 Å². The molecule has 0 fully saturated rings. The molecule has 1 aliphatic rings. The van der Waals surface area contributed by atoms with Gasteiger partial charge < -0.3 is 15.2 Å². The van der Waals surface area contributed by atoms with Crippen molar-refractivity contribution in [3.05, 3.63) is 42.5 Å². The van der Waals surface area contributed by atoms with E-state index in [1.807, 2.05) is 42.5 Å². The SMILES string of the molecule is O=C1CCNc2c(cccc2-c2ccc(SO)cc2)N1. The van der Waals surface area contributed by atoms with Gasteiger partial charge >= 0.3 is 0 Å². The van der Waals surface area contributed by atoms with E-state index in [0.29, 0.717) is 13.0 Å². The fourth-order valence-electron chi connectivity index (χ4n) is 2.30. The minimum absolute atomic E-state index is 0.0282. The molecule has 0 spiro atoms. The van der Waals surface area contributed by atoms with Gasteiger partial charge in [0.25, 0.3) is 0 Å². The maximum atomic E-state index is 11.6. The summed E-state index contributed by atoms with van der Waals surface area (Å²) >= 11 is 0.732. The Morgan fingerprint density at radius 2 is 1.90 bits per heavy atom. The van der Waals surface area contributed by atoms with Gasteiger partial charge in [-0.15, -0.1) is 0 Å². The van der Waals surface area contributed by atoms with Crippen molar-refractivity contribution in [2.24, 2.45) is 0 Å². The summed E-state index contributed by atoms with van der Waals surface area (Å²) in [5.74, 6) is 0.0282. The van der Waals surface area contributed by atoms with Gasteiger partial charge in [0.05, 0.1) is 11.4 Å². The lowest BCUT2D eigenvalue weighted by molar-refractivity contribution is -0.115. The van der Waals surface area contributed by atoms with Gasteiger partial charge in [-0.25, -0.2) is 0 Å². The van der Waals surface area contributed by atoms with Crippen molar-refractivity contribution in [2.45, 2.75) is 11.3 Å². The van der Waals surface area contributed by atoms with E-state index in [1.54, 1.807) is 0 Å². The molecule has 0 aromatic heterocycles. The van der Waals surface area contributed by atoms with Gasteiger partial charge in [0.1, 0.15) is 0 Å². The summed E-state index contributed by atoms with van der Waals surface area (Å²) in [5, 5.41) is 6.22. The molecule has 20 heavy (non-hydrogen) atoms. The Morgan fingerprint density at radius 1 is 1.10 bits per heavy atom. The lowest BCUT2D eigenvalue weighted by atomic mass is 10.0.